The van der Waals surface area contributed by atoms with Crippen molar-refractivity contribution in [3.63, 3.8) is 0 Å². The normalized spacial score (nSPS) is 19.6. The lowest BCUT2D eigenvalue weighted by molar-refractivity contribution is -0.0308. The molecule has 33 heavy (non-hydrogen) atoms. The van der Waals surface area contributed by atoms with Crippen molar-refractivity contribution >= 4 is 17.2 Å². The Morgan fingerprint density at radius 1 is 0.909 bits per heavy atom. The average Bonchev–Trinajstić information content (AvgIpc) is 3.33. The Balaban J connectivity index is 1.12. The van der Waals surface area contributed by atoms with Crippen molar-refractivity contribution in [3.8, 4) is 0 Å². The van der Waals surface area contributed by atoms with E-state index in [-0.39, 0.29) is 5.82 Å². The van der Waals surface area contributed by atoms with Gasteiger partial charge in [0.05, 0.1) is 12.2 Å². The number of likely N-dealkylation sites (tertiary alicyclic amines) is 1. The zero-order chi connectivity index (χ0) is 22.7. The van der Waals surface area contributed by atoms with Gasteiger partial charge in [-0.3, -0.25) is 9.80 Å². The molecule has 0 amide bonds. The molecule has 0 spiro atoms. The Kier molecular flexibility index (Phi) is 6.69. The summed E-state index contributed by atoms with van der Waals surface area (Å²) in [5.41, 5.74) is 1.06. The van der Waals surface area contributed by atoms with Crippen LogP contribution in [-0.2, 0) is 18.7 Å². The van der Waals surface area contributed by atoms with E-state index in [0.29, 0.717) is 12.8 Å². The molecular weight excluding hydrogens is 437 g/mol. The fourth-order valence-electron chi connectivity index (χ4n) is 4.65. The number of aliphatic hydroxyl groups is 1. The maximum Gasteiger partial charge on any atom is 0.128 e. The van der Waals surface area contributed by atoms with Crippen LogP contribution < -0.4 is 4.90 Å². The molecular formula is C25H30FN5OS. The van der Waals surface area contributed by atoms with Gasteiger partial charge in [0.25, 0.3) is 0 Å². The second-order valence-corrected chi connectivity index (χ2v) is 9.95. The molecule has 5 rings (SSSR count). The van der Waals surface area contributed by atoms with Gasteiger partial charge >= 0.3 is 0 Å². The molecule has 2 aliphatic rings. The maximum atomic E-state index is 13.1. The molecule has 0 aliphatic carbocycles. The highest BCUT2D eigenvalue weighted by Gasteiger charge is 2.36. The standard InChI is InChI=1S/C25H30FN5OS/c26-21-6-4-20(5-7-21)17-29-11-8-25(32,9-12-29)22-19-33-24(28-22)18-30-13-15-31(16-14-30)23-3-1-2-10-27-23/h1-7,10,19,32H,8-9,11-18H2. The number of halogens is 1. The zero-order valence-electron chi connectivity index (χ0n) is 18.7. The summed E-state index contributed by atoms with van der Waals surface area (Å²) in [5, 5.41) is 14.4. The minimum Gasteiger partial charge on any atom is -0.383 e. The Labute approximate surface area is 198 Å². The summed E-state index contributed by atoms with van der Waals surface area (Å²) in [7, 11) is 0. The molecule has 174 valence electrons. The van der Waals surface area contributed by atoms with E-state index in [1.165, 1.54) is 12.1 Å². The van der Waals surface area contributed by atoms with Gasteiger partial charge in [-0.1, -0.05) is 18.2 Å². The van der Waals surface area contributed by atoms with Gasteiger partial charge < -0.3 is 10.0 Å². The van der Waals surface area contributed by atoms with Crippen molar-refractivity contribution in [1.82, 2.24) is 19.8 Å². The minimum absolute atomic E-state index is 0.207. The maximum absolute atomic E-state index is 13.1. The Morgan fingerprint density at radius 3 is 2.33 bits per heavy atom. The number of pyridine rings is 1. The molecule has 1 aromatic carbocycles. The monoisotopic (exact) mass is 467 g/mol. The van der Waals surface area contributed by atoms with Gasteiger partial charge in [-0.05, 0) is 42.7 Å². The number of aromatic nitrogens is 2. The van der Waals surface area contributed by atoms with E-state index in [4.69, 9.17) is 4.98 Å². The largest absolute Gasteiger partial charge is 0.383 e. The summed E-state index contributed by atoms with van der Waals surface area (Å²) in [6.45, 7) is 7.09. The minimum atomic E-state index is -0.855. The van der Waals surface area contributed by atoms with Crippen LogP contribution in [0.1, 0.15) is 29.1 Å². The van der Waals surface area contributed by atoms with Crippen molar-refractivity contribution in [2.75, 3.05) is 44.2 Å². The summed E-state index contributed by atoms with van der Waals surface area (Å²) >= 11 is 1.65. The van der Waals surface area contributed by atoms with Crippen molar-refractivity contribution in [1.29, 1.82) is 0 Å². The summed E-state index contributed by atoms with van der Waals surface area (Å²) in [4.78, 5) is 16.4. The molecule has 8 heteroatoms. The van der Waals surface area contributed by atoms with Crippen LogP contribution in [0.5, 0.6) is 0 Å². The number of benzene rings is 1. The fraction of sp³-hybridized carbons (Fsp3) is 0.440. The molecule has 0 saturated carbocycles. The van der Waals surface area contributed by atoms with E-state index in [2.05, 4.69) is 25.8 Å². The first kappa shape index (κ1) is 22.4. The van der Waals surface area contributed by atoms with Crippen molar-refractivity contribution in [2.45, 2.75) is 31.5 Å². The lowest BCUT2D eigenvalue weighted by Gasteiger charge is -2.37. The summed E-state index contributed by atoms with van der Waals surface area (Å²) in [6, 6.07) is 12.7. The summed E-state index contributed by atoms with van der Waals surface area (Å²) in [5.74, 6) is 0.836. The van der Waals surface area contributed by atoms with Crippen molar-refractivity contribution in [2.24, 2.45) is 0 Å². The first-order valence-corrected chi connectivity index (χ1v) is 12.5. The molecule has 0 atom stereocenters. The lowest BCUT2D eigenvalue weighted by Crippen LogP contribution is -2.46. The molecule has 0 radical (unpaired) electrons. The molecule has 2 aliphatic heterocycles. The molecule has 4 heterocycles. The second-order valence-electron chi connectivity index (χ2n) is 9.01. The van der Waals surface area contributed by atoms with Crippen LogP contribution in [0, 0.1) is 5.82 Å². The summed E-state index contributed by atoms with van der Waals surface area (Å²) < 4.78 is 13.1. The number of nitrogens with zero attached hydrogens (tertiary/aromatic N) is 5. The number of thiazole rings is 1. The van der Waals surface area contributed by atoms with Gasteiger partial charge in [0.15, 0.2) is 0 Å². The van der Waals surface area contributed by atoms with Gasteiger partial charge in [0.2, 0.25) is 0 Å². The molecule has 3 aromatic rings. The predicted octanol–water partition coefficient (Wildman–Crippen LogP) is 3.48. The SMILES string of the molecule is OC1(c2csc(CN3CCN(c4ccccn4)CC3)n2)CCN(Cc2ccc(F)cc2)CC1. The van der Waals surface area contributed by atoms with Crippen LogP contribution in [-0.4, -0.2) is 64.1 Å². The van der Waals surface area contributed by atoms with E-state index in [1.807, 2.05) is 35.8 Å². The van der Waals surface area contributed by atoms with Crippen LogP contribution >= 0.6 is 11.3 Å². The molecule has 0 unspecified atom stereocenters. The highest BCUT2D eigenvalue weighted by molar-refractivity contribution is 7.09. The third-order valence-electron chi connectivity index (χ3n) is 6.74. The topological polar surface area (TPSA) is 55.7 Å². The second kappa shape index (κ2) is 9.85. The lowest BCUT2D eigenvalue weighted by atomic mass is 9.88. The highest BCUT2D eigenvalue weighted by Crippen LogP contribution is 2.34. The number of hydrogen-bond acceptors (Lipinski definition) is 7. The molecule has 2 aromatic heterocycles. The molecule has 0 bridgehead atoms. The van der Waals surface area contributed by atoms with Gasteiger partial charge in [0.1, 0.15) is 22.2 Å². The fourth-order valence-corrected chi connectivity index (χ4v) is 5.58. The van der Waals surface area contributed by atoms with Crippen molar-refractivity contribution in [3.05, 3.63) is 76.1 Å². The van der Waals surface area contributed by atoms with E-state index < -0.39 is 5.60 Å². The Hall–Kier alpha value is -2.39. The molecule has 1 N–H and O–H groups in total. The molecule has 6 nitrogen and oxygen atoms in total. The van der Waals surface area contributed by atoms with E-state index in [9.17, 15) is 9.50 Å². The number of hydrogen-bond donors (Lipinski definition) is 1. The van der Waals surface area contributed by atoms with Gasteiger partial charge in [-0.15, -0.1) is 11.3 Å². The van der Waals surface area contributed by atoms with Crippen LogP contribution in [0.3, 0.4) is 0 Å². The van der Waals surface area contributed by atoms with E-state index in [1.54, 1.807) is 11.3 Å². The van der Waals surface area contributed by atoms with E-state index >= 15 is 0 Å². The van der Waals surface area contributed by atoms with Gasteiger partial charge in [-0.2, -0.15) is 0 Å². The third-order valence-corrected chi connectivity index (χ3v) is 7.57. The van der Waals surface area contributed by atoms with Crippen molar-refractivity contribution < 1.29 is 9.50 Å². The smallest absolute Gasteiger partial charge is 0.128 e. The van der Waals surface area contributed by atoms with Crippen LogP contribution in [0.25, 0.3) is 0 Å². The quantitative estimate of drug-likeness (QED) is 0.599. The number of piperazine rings is 1. The highest BCUT2D eigenvalue weighted by atomic mass is 32.1. The van der Waals surface area contributed by atoms with Gasteiger partial charge in [0, 0.05) is 57.4 Å². The van der Waals surface area contributed by atoms with Gasteiger partial charge in [-0.25, -0.2) is 14.4 Å². The van der Waals surface area contributed by atoms with Crippen LogP contribution in [0.4, 0.5) is 10.2 Å². The van der Waals surface area contributed by atoms with Crippen LogP contribution in [0.15, 0.2) is 54.0 Å². The number of rotatable bonds is 6. The van der Waals surface area contributed by atoms with E-state index in [0.717, 1.165) is 74.4 Å². The first-order valence-electron chi connectivity index (χ1n) is 11.6. The zero-order valence-corrected chi connectivity index (χ0v) is 19.6. The molecule has 2 fully saturated rings. The van der Waals surface area contributed by atoms with Crippen LogP contribution in [0.2, 0.25) is 0 Å². The first-order chi connectivity index (χ1) is 16.1. The predicted molar refractivity (Wildman–Crippen MR) is 129 cm³/mol. The number of piperidine rings is 1. The summed E-state index contributed by atoms with van der Waals surface area (Å²) in [6.07, 6.45) is 3.18. The average molecular weight is 468 g/mol. The number of anilines is 1. The molecule has 2 saturated heterocycles. The third kappa shape index (κ3) is 5.41. The Morgan fingerprint density at radius 2 is 1.64 bits per heavy atom. The Bertz CT molecular complexity index is 1030.